The van der Waals surface area contributed by atoms with Gasteiger partial charge in [0.2, 0.25) is 0 Å². The lowest BCUT2D eigenvalue weighted by atomic mass is 10.2. The van der Waals surface area contributed by atoms with Gasteiger partial charge in [-0.05, 0) is 25.7 Å². The highest BCUT2D eigenvalue weighted by Crippen LogP contribution is 1.99. The van der Waals surface area contributed by atoms with E-state index < -0.39 is 0 Å². The first kappa shape index (κ1) is 15.9. The SMILES string of the molecule is BrCCCCCO[B]OCCCCCBr. The summed E-state index contributed by atoms with van der Waals surface area (Å²) in [4.78, 5) is 0. The smallest absolute Gasteiger partial charge is 0.413 e. The van der Waals surface area contributed by atoms with Crippen LogP contribution in [0.3, 0.4) is 0 Å². The average Bonchev–Trinajstić information content (AvgIpc) is 2.26. The van der Waals surface area contributed by atoms with Crippen molar-refractivity contribution in [3.05, 3.63) is 0 Å². The van der Waals surface area contributed by atoms with Crippen molar-refractivity contribution in [3.8, 4) is 0 Å². The minimum atomic E-state index is 0.772. The van der Waals surface area contributed by atoms with Crippen LogP contribution in [0.5, 0.6) is 0 Å². The molecule has 0 aromatic carbocycles. The maximum Gasteiger partial charge on any atom is 0.487 e. The molecule has 0 bridgehead atoms. The topological polar surface area (TPSA) is 18.5 Å². The molecular weight excluding hydrogens is 323 g/mol. The second kappa shape index (κ2) is 14.9. The van der Waals surface area contributed by atoms with Crippen molar-refractivity contribution in [2.75, 3.05) is 23.9 Å². The zero-order valence-corrected chi connectivity index (χ0v) is 12.4. The molecule has 0 N–H and O–H groups in total. The minimum absolute atomic E-state index is 0.772. The van der Waals surface area contributed by atoms with Crippen molar-refractivity contribution in [1.82, 2.24) is 0 Å². The highest BCUT2D eigenvalue weighted by molar-refractivity contribution is 9.09. The summed E-state index contributed by atoms with van der Waals surface area (Å²) in [5.74, 6) is 0. The third-order valence-corrected chi connectivity index (χ3v) is 3.05. The molecule has 0 amide bonds. The van der Waals surface area contributed by atoms with Crippen LogP contribution < -0.4 is 0 Å². The summed E-state index contributed by atoms with van der Waals surface area (Å²) in [6.45, 7) is 1.54. The third-order valence-electron chi connectivity index (χ3n) is 1.93. The van der Waals surface area contributed by atoms with Gasteiger partial charge < -0.3 is 9.31 Å². The van der Waals surface area contributed by atoms with Gasteiger partial charge in [-0.2, -0.15) is 0 Å². The lowest BCUT2D eigenvalue weighted by molar-refractivity contribution is 0.214. The predicted molar refractivity (Wildman–Crippen MR) is 72.9 cm³/mol. The first-order valence-electron chi connectivity index (χ1n) is 5.58. The molecule has 0 atom stereocenters. The fourth-order valence-electron chi connectivity index (χ4n) is 1.06. The first-order chi connectivity index (χ1) is 7.41. The number of alkyl halides is 2. The van der Waals surface area contributed by atoms with Crippen LogP contribution in [0.15, 0.2) is 0 Å². The molecular formula is C10H20BBr2O2. The van der Waals surface area contributed by atoms with E-state index in [2.05, 4.69) is 31.9 Å². The summed E-state index contributed by atoms with van der Waals surface area (Å²) in [6.07, 6.45) is 7.08. The molecule has 0 spiro atoms. The van der Waals surface area contributed by atoms with Crippen molar-refractivity contribution < 1.29 is 9.31 Å². The molecule has 0 aromatic rings. The molecule has 89 valence electrons. The van der Waals surface area contributed by atoms with Crippen LogP contribution in [0.4, 0.5) is 0 Å². The summed E-state index contributed by atoms with van der Waals surface area (Å²) in [5.41, 5.74) is 0. The van der Waals surface area contributed by atoms with E-state index in [0.717, 1.165) is 36.7 Å². The Labute approximate surface area is 111 Å². The summed E-state index contributed by atoms with van der Waals surface area (Å²) >= 11 is 6.79. The number of rotatable bonds is 12. The van der Waals surface area contributed by atoms with E-state index in [1.165, 1.54) is 33.4 Å². The van der Waals surface area contributed by atoms with Gasteiger partial charge in [0.05, 0.1) is 0 Å². The Hall–Kier alpha value is 0.945. The van der Waals surface area contributed by atoms with Crippen LogP contribution in [-0.2, 0) is 9.31 Å². The normalized spacial score (nSPS) is 10.5. The molecule has 0 aromatic heterocycles. The van der Waals surface area contributed by atoms with E-state index in [1.54, 1.807) is 0 Å². The number of hydrogen-bond acceptors (Lipinski definition) is 2. The van der Waals surface area contributed by atoms with Gasteiger partial charge in [-0.25, -0.2) is 0 Å². The fraction of sp³-hybridized carbons (Fsp3) is 1.00. The van der Waals surface area contributed by atoms with Crippen molar-refractivity contribution in [1.29, 1.82) is 0 Å². The van der Waals surface area contributed by atoms with Gasteiger partial charge in [-0.3, -0.25) is 0 Å². The molecule has 0 fully saturated rings. The van der Waals surface area contributed by atoms with Crippen LogP contribution in [0.2, 0.25) is 0 Å². The molecule has 5 heteroatoms. The third kappa shape index (κ3) is 14.9. The molecule has 15 heavy (non-hydrogen) atoms. The van der Waals surface area contributed by atoms with Gasteiger partial charge in [-0.1, -0.05) is 44.7 Å². The fourth-order valence-corrected chi connectivity index (χ4v) is 1.85. The molecule has 0 aliphatic rings. The molecule has 0 unspecified atom stereocenters. The number of hydrogen-bond donors (Lipinski definition) is 0. The Bertz CT molecular complexity index is 106. The van der Waals surface area contributed by atoms with E-state index in [1.807, 2.05) is 0 Å². The second-order valence-electron chi connectivity index (χ2n) is 3.34. The zero-order chi connectivity index (χ0) is 11.2. The monoisotopic (exact) mass is 341 g/mol. The van der Waals surface area contributed by atoms with Crippen LogP contribution in [0.25, 0.3) is 0 Å². The lowest BCUT2D eigenvalue weighted by Crippen LogP contribution is -2.07. The van der Waals surface area contributed by atoms with E-state index >= 15 is 0 Å². The van der Waals surface area contributed by atoms with Gasteiger partial charge in [0.1, 0.15) is 0 Å². The Balaban J connectivity index is 2.81. The summed E-state index contributed by atoms with van der Waals surface area (Å²) in [7, 11) is 1.49. The summed E-state index contributed by atoms with van der Waals surface area (Å²) < 4.78 is 10.4. The second-order valence-corrected chi connectivity index (χ2v) is 4.92. The lowest BCUT2D eigenvalue weighted by Gasteiger charge is -2.03. The Morgan fingerprint density at radius 1 is 0.667 bits per heavy atom. The van der Waals surface area contributed by atoms with Crippen LogP contribution in [-0.4, -0.2) is 31.6 Å². The molecule has 0 aliphatic heterocycles. The van der Waals surface area contributed by atoms with Gasteiger partial charge in [0.15, 0.2) is 0 Å². The largest absolute Gasteiger partial charge is 0.487 e. The van der Waals surface area contributed by atoms with Gasteiger partial charge in [-0.15, -0.1) is 0 Å². The molecule has 0 saturated carbocycles. The molecule has 0 heterocycles. The molecule has 0 rings (SSSR count). The molecule has 0 saturated heterocycles. The van der Waals surface area contributed by atoms with Crippen molar-refractivity contribution >= 4 is 39.5 Å². The van der Waals surface area contributed by atoms with Gasteiger partial charge in [0, 0.05) is 23.9 Å². The van der Waals surface area contributed by atoms with Gasteiger partial charge >= 0.3 is 7.69 Å². The quantitative estimate of drug-likeness (QED) is 0.306. The van der Waals surface area contributed by atoms with Crippen molar-refractivity contribution in [2.24, 2.45) is 0 Å². The predicted octanol–water partition coefficient (Wildman–Crippen LogP) is 3.68. The van der Waals surface area contributed by atoms with E-state index in [-0.39, 0.29) is 0 Å². The maximum absolute atomic E-state index is 5.21. The molecule has 1 radical (unpaired) electrons. The zero-order valence-electron chi connectivity index (χ0n) is 9.22. The summed E-state index contributed by atoms with van der Waals surface area (Å²) in [5, 5.41) is 2.17. The van der Waals surface area contributed by atoms with Crippen molar-refractivity contribution in [3.63, 3.8) is 0 Å². The Morgan fingerprint density at radius 3 is 1.53 bits per heavy atom. The highest BCUT2D eigenvalue weighted by Gasteiger charge is 1.95. The maximum atomic E-state index is 5.21. The standard InChI is InChI=1S/C10H20BBr2O2/c12-7-3-1-5-9-14-11-15-10-6-2-4-8-13/h1-10H2. The van der Waals surface area contributed by atoms with E-state index in [4.69, 9.17) is 9.31 Å². The van der Waals surface area contributed by atoms with E-state index in [0.29, 0.717) is 0 Å². The number of unbranched alkanes of at least 4 members (excludes halogenated alkanes) is 4. The van der Waals surface area contributed by atoms with E-state index in [9.17, 15) is 0 Å². The van der Waals surface area contributed by atoms with Crippen LogP contribution >= 0.6 is 31.9 Å². The highest BCUT2D eigenvalue weighted by atomic mass is 79.9. The van der Waals surface area contributed by atoms with Crippen molar-refractivity contribution in [2.45, 2.75) is 38.5 Å². The molecule has 2 nitrogen and oxygen atoms in total. The summed E-state index contributed by atoms with van der Waals surface area (Å²) in [6, 6.07) is 0. The first-order valence-corrected chi connectivity index (χ1v) is 7.83. The Kier molecular flexibility index (Phi) is 15.9. The van der Waals surface area contributed by atoms with Crippen LogP contribution in [0.1, 0.15) is 38.5 Å². The number of halogens is 2. The average molecular weight is 343 g/mol. The van der Waals surface area contributed by atoms with Gasteiger partial charge in [0.25, 0.3) is 0 Å². The minimum Gasteiger partial charge on any atom is -0.413 e. The molecule has 0 aliphatic carbocycles. The van der Waals surface area contributed by atoms with Crippen LogP contribution in [0, 0.1) is 0 Å². The Morgan fingerprint density at radius 2 is 1.13 bits per heavy atom.